The van der Waals surface area contributed by atoms with Crippen LogP contribution in [-0.2, 0) is 30.4 Å². The summed E-state index contributed by atoms with van der Waals surface area (Å²) in [6, 6.07) is 16.9. The van der Waals surface area contributed by atoms with Crippen LogP contribution < -0.4 is 10.2 Å². The third-order valence-electron chi connectivity index (χ3n) is 4.50. The van der Waals surface area contributed by atoms with Gasteiger partial charge < -0.3 is 14.8 Å². The lowest BCUT2D eigenvalue weighted by atomic mass is 10.1. The first-order valence-electron chi connectivity index (χ1n) is 9.24. The number of nitrogens with zero attached hydrogens (tertiary/aromatic N) is 1. The van der Waals surface area contributed by atoms with Gasteiger partial charge in [0.25, 0.3) is 5.91 Å². The Labute approximate surface area is 168 Å². The van der Waals surface area contributed by atoms with Gasteiger partial charge in [-0.2, -0.15) is 0 Å². The number of carbonyl (C=O) groups excluding carboxylic acids is 3. The maximum absolute atomic E-state index is 13.3. The van der Waals surface area contributed by atoms with Crippen molar-refractivity contribution in [1.29, 1.82) is 0 Å². The van der Waals surface area contributed by atoms with Gasteiger partial charge in [-0.3, -0.25) is 9.69 Å². The summed E-state index contributed by atoms with van der Waals surface area (Å²) in [6.45, 7) is 2.09. The number of anilines is 1. The van der Waals surface area contributed by atoms with Crippen molar-refractivity contribution in [3.8, 4) is 0 Å². The van der Waals surface area contributed by atoms with Crippen molar-refractivity contribution >= 4 is 23.5 Å². The minimum Gasteiger partial charge on any atom is -0.466 e. The van der Waals surface area contributed by atoms with Gasteiger partial charge in [-0.25, -0.2) is 9.59 Å². The van der Waals surface area contributed by atoms with E-state index < -0.39 is 23.9 Å². The Morgan fingerprint density at radius 2 is 1.66 bits per heavy atom. The van der Waals surface area contributed by atoms with Crippen LogP contribution in [0, 0.1) is 0 Å². The summed E-state index contributed by atoms with van der Waals surface area (Å²) >= 11 is 0. The fourth-order valence-electron chi connectivity index (χ4n) is 3.20. The summed E-state index contributed by atoms with van der Waals surface area (Å²) in [5.41, 5.74) is 1.37. The topological polar surface area (TPSA) is 84.9 Å². The molecule has 29 heavy (non-hydrogen) atoms. The molecule has 0 radical (unpaired) electrons. The maximum atomic E-state index is 13.3. The quantitative estimate of drug-likeness (QED) is 0.725. The molecular weight excluding hydrogens is 372 g/mol. The molecule has 0 bridgehead atoms. The highest BCUT2D eigenvalue weighted by Crippen LogP contribution is 2.32. The molecule has 0 saturated heterocycles. The largest absolute Gasteiger partial charge is 0.466 e. The molecule has 1 atom stereocenters. The highest BCUT2D eigenvalue weighted by Gasteiger charge is 2.48. The van der Waals surface area contributed by atoms with Crippen molar-refractivity contribution < 1.29 is 23.9 Å². The molecule has 2 aromatic carbocycles. The number of para-hydroxylation sites is 1. The molecule has 0 fully saturated rings. The minimum absolute atomic E-state index is 0.0302. The van der Waals surface area contributed by atoms with Gasteiger partial charge in [-0.15, -0.1) is 0 Å². The zero-order valence-electron chi connectivity index (χ0n) is 16.3. The van der Waals surface area contributed by atoms with Crippen molar-refractivity contribution in [3.63, 3.8) is 0 Å². The number of nitrogens with one attached hydrogen (secondary N) is 1. The highest BCUT2D eigenvalue weighted by molar-refractivity contribution is 6.20. The molecule has 1 aliphatic heterocycles. The number of hydrogen-bond donors (Lipinski definition) is 1. The van der Waals surface area contributed by atoms with E-state index in [2.05, 4.69) is 5.32 Å². The Morgan fingerprint density at radius 1 is 1.03 bits per heavy atom. The van der Waals surface area contributed by atoms with E-state index in [1.54, 1.807) is 37.3 Å². The van der Waals surface area contributed by atoms with Gasteiger partial charge >= 0.3 is 11.9 Å². The number of amides is 1. The molecule has 0 spiro atoms. The Balaban J connectivity index is 2.04. The van der Waals surface area contributed by atoms with Gasteiger partial charge in [0.15, 0.2) is 6.04 Å². The maximum Gasteiger partial charge on any atom is 0.338 e. The summed E-state index contributed by atoms with van der Waals surface area (Å²) in [6.07, 6.45) is 0. The molecule has 2 aromatic rings. The van der Waals surface area contributed by atoms with E-state index in [0.29, 0.717) is 12.2 Å². The number of rotatable bonds is 7. The first kappa shape index (κ1) is 20.1. The van der Waals surface area contributed by atoms with Gasteiger partial charge in [-0.1, -0.05) is 48.5 Å². The average Bonchev–Trinajstić information content (AvgIpc) is 3.05. The molecule has 1 N–H and O–H groups in total. The van der Waals surface area contributed by atoms with Crippen molar-refractivity contribution in [1.82, 2.24) is 5.32 Å². The van der Waals surface area contributed by atoms with E-state index >= 15 is 0 Å². The molecule has 0 saturated carbocycles. The third kappa shape index (κ3) is 4.13. The second kappa shape index (κ2) is 9.05. The van der Waals surface area contributed by atoms with E-state index in [1.807, 2.05) is 30.3 Å². The summed E-state index contributed by atoms with van der Waals surface area (Å²) < 4.78 is 10.0. The lowest BCUT2D eigenvalue weighted by molar-refractivity contribution is -0.146. The monoisotopic (exact) mass is 394 g/mol. The summed E-state index contributed by atoms with van der Waals surface area (Å²) in [4.78, 5) is 39.8. The van der Waals surface area contributed by atoms with Crippen LogP contribution >= 0.6 is 0 Å². The van der Waals surface area contributed by atoms with Crippen LogP contribution in [0.15, 0.2) is 71.9 Å². The molecule has 1 aliphatic rings. The predicted octanol–water partition coefficient (Wildman–Crippen LogP) is 2.18. The van der Waals surface area contributed by atoms with Crippen LogP contribution in [0.3, 0.4) is 0 Å². The lowest BCUT2D eigenvalue weighted by Gasteiger charge is -2.24. The second-order valence-electron chi connectivity index (χ2n) is 6.28. The van der Waals surface area contributed by atoms with Crippen LogP contribution in [0.5, 0.6) is 0 Å². The van der Waals surface area contributed by atoms with Gasteiger partial charge in [0.1, 0.15) is 11.3 Å². The zero-order valence-corrected chi connectivity index (χ0v) is 16.3. The predicted molar refractivity (Wildman–Crippen MR) is 107 cm³/mol. The number of ether oxygens (including phenoxy) is 2. The molecule has 7 nitrogen and oxygen atoms in total. The Bertz CT molecular complexity index is 925. The van der Waals surface area contributed by atoms with E-state index in [0.717, 1.165) is 5.56 Å². The number of methoxy groups -OCH3 is 1. The molecule has 0 aromatic heterocycles. The number of esters is 2. The summed E-state index contributed by atoms with van der Waals surface area (Å²) in [7, 11) is 1.21. The Hall–Kier alpha value is -3.61. The third-order valence-corrected chi connectivity index (χ3v) is 4.50. The summed E-state index contributed by atoms with van der Waals surface area (Å²) in [5, 5.41) is 3.02. The molecule has 7 heteroatoms. The van der Waals surface area contributed by atoms with Crippen LogP contribution in [0.25, 0.3) is 0 Å². The number of carbonyl (C=O) groups is 3. The summed E-state index contributed by atoms with van der Waals surface area (Å²) in [5.74, 6) is -1.95. The number of hydrogen-bond acceptors (Lipinski definition) is 6. The second-order valence-corrected chi connectivity index (χ2v) is 6.28. The van der Waals surface area contributed by atoms with E-state index in [1.165, 1.54) is 12.0 Å². The SMILES string of the molecule is CCOC(=O)C1C(C(=O)OC)=C(NCc2ccccc2)C(=O)N1c1ccccc1. The van der Waals surface area contributed by atoms with Crippen molar-refractivity contribution in [2.45, 2.75) is 19.5 Å². The van der Waals surface area contributed by atoms with Crippen molar-refractivity contribution in [2.75, 3.05) is 18.6 Å². The van der Waals surface area contributed by atoms with Gasteiger partial charge in [-0.05, 0) is 24.6 Å². The van der Waals surface area contributed by atoms with Gasteiger partial charge in [0.05, 0.1) is 13.7 Å². The standard InChI is InChI=1S/C22H22N2O5/c1-3-29-22(27)19-17(21(26)28-2)18(23-14-15-10-6-4-7-11-15)20(25)24(19)16-12-8-5-9-13-16/h4-13,19,23H,3,14H2,1-2H3. The molecule has 0 aliphatic carbocycles. The van der Waals surface area contributed by atoms with E-state index in [-0.39, 0.29) is 17.9 Å². The van der Waals surface area contributed by atoms with E-state index in [9.17, 15) is 14.4 Å². The molecule has 1 unspecified atom stereocenters. The number of benzene rings is 2. The normalized spacial score (nSPS) is 16.0. The van der Waals surface area contributed by atoms with Crippen LogP contribution in [0.1, 0.15) is 12.5 Å². The Kier molecular flexibility index (Phi) is 6.29. The highest BCUT2D eigenvalue weighted by atomic mass is 16.5. The van der Waals surface area contributed by atoms with Gasteiger partial charge in [0, 0.05) is 12.2 Å². The molecular formula is C22H22N2O5. The van der Waals surface area contributed by atoms with Crippen LogP contribution in [0.4, 0.5) is 5.69 Å². The fourth-order valence-corrected chi connectivity index (χ4v) is 3.20. The fraction of sp³-hybridized carbons (Fsp3) is 0.227. The zero-order chi connectivity index (χ0) is 20.8. The smallest absolute Gasteiger partial charge is 0.338 e. The van der Waals surface area contributed by atoms with Crippen LogP contribution in [0.2, 0.25) is 0 Å². The average molecular weight is 394 g/mol. The van der Waals surface area contributed by atoms with Crippen molar-refractivity contribution in [2.24, 2.45) is 0 Å². The lowest BCUT2D eigenvalue weighted by Crippen LogP contribution is -2.43. The Morgan fingerprint density at radius 3 is 2.24 bits per heavy atom. The minimum atomic E-state index is -1.23. The first-order valence-corrected chi connectivity index (χ1v) is 9.24. The molecule has 3 rings (SSSR count). The molecule has 1 amide bonds. The van der Waals surface area contributed by atoms with Gasteiger partial charge in [0.2, 0.25) is 0 Å². The van der Waals surface area contributed by atoms with E-state index in [4.69, 9.17) is 9.47 Å². The molecule has 150 valence electrons. The van der Waals surface area contributed by atoms with Crippen molar-refractivity contribution in [3.05, 3.63) is 77.5 Å². The van der Waals surface area contributed by atoms with Crippen LogP contribution in [-0.4, -0.2) is 37.6 Å². The molecule has 1 heterocycles. The first-order chi connectivity index (χ1) is 14.1.